The molecule has 1 aromatic carbocycles. The number of ketones is 2. The van der Waals surface area contributed by atoms with Crippen LogP contribution in [0.15, 0.2) is 11.6 Å². The molecular weight excluding hydrogens is 446 g/mol. The van der Waals surface area contributed by atoms with Crippen LogP contribution in [0.2, 0.25) is 20.1 Å². The zero-order valence-corrected chi connectivity index (χ0v) is 16.5. The monoisotopic (exact) mass is 448 g/mol. The largest absolute Gasteiger partial charge is 0.375 e. The van der Waals surface area contributed by atoms with E-state index in [0.29, 0.717) is 10.0 Å². The van der Waals surface area contributed by atoms with Gasteiger partial charge in [-0.1, -0.05) is 57.7 Å². The molecule has 3 aromatic rings. The Labute approximate surface area is 168 Å². The Morgan fingerprint density at radius 3 is 2.00 bits per heavy atom. The average molecular weight is 450 g/mol. The highest BCUT2D eigenvalue weighted by atomic mass is 35.5. The number of aromatic nitrogens is 1. The fourth-order valence-corrected chi connectivity index (χ4v) is 5.51. The van der Waals surface area contributed by atoms with E-state index in [0.717, 1.165) is 9.53 Å². The molecule has 2 N–H and O–H groups in total. The van der Waals surface area contributed by atoms with Gasteiger partial charge in [0.1, 0.15) is 4.83 Å². The number of Topliss-reactive ketones (excluding diaryl/α,β-unsaturated/α-hetero) is 2. The number of fused-ring (bicyclic) bond motifs is 2. The molecule has 10 heteroatoms. The SMILES string of the molecule is Nc1nc2sc(C=C3C(=O)c4c(Cl)c(Cl)c(Cl)c(Cl)c4C3=O)cc2s1. The molecule has 0 amide bonds. The van der Waals surface area contributed by atoms with Crippen LogP contribution in [0.1, 0.15) is 25.6 Å². The Morgan fingerprint density at radius 1 is 0.920 bits per heavy atom. The van der Waals surface area contributed by atoms with Gasteiger partial charge in [0, 0.05) is 4.88 Å². The first-order valence-electron chi connectivity index (χ1n) is 6.62. The molecule has 0 bridgehead atoms. The van der Waals surface area contributed by atoms with E-state index in [1.165, 1.54) is 28.7 Å². The van der Waals surface area contributed by atoms with Crippen molar-refractivity contribution in [1.29, 1.82) is 0 Å². The van der Waals surface area contributed by atoms with Gasteiger partial charge in [-0.3, -0.25) is 9.59 Å². The highest BCUT2D eigenvalue weighted by Crippen LogP contribution is 2.46. The van der Waals surface area contributed by atoms with Crippen molar-refractivity contribution >= 4 is 101 Å². The number of halogens is 4. The molecule has 2 aromatic heterocycles. The Hall–Kier alpha value is -1.15. The summed E-state index contributed by atoms with van der Waals surface area (Å²) in [6.07, 6.45) is 1.49. The van der Waals surface area contributed by atoms with Crippen molar-refractivity contribution in [1.82, 2.24) is 4.98 Å². The van der Waals surface area contributed by atoms with Gasteiger partial charge >= 0.3 is 0 Å². The van der Waals surface area contributed by atoms with Crippen LogP contribution >= 0.6 is 69.1 Å². The summed E-state index contributed by atoms with van der Waals surface area (Å²) < 4.78 is 0.881. The molecule has 0 radical (unpaired) electrons. The minimum atomic E-state index is -0.533. The van der Waals surface area contributed by atoms with Gasteiger partial charge in [-0.15, -0.1) is 11.3 Å². The van der Waals surface area contributed by atoms with Crippen LogP contribution in [-0.4, -0.2) is 16.6 Å². The van der Waals surface area contributed by atoms with Gasteiger partial charge in [-0.2, -0.15) is 0 Å². The molecule has 4 rings (SSSR count). The van der Waals surface area contributed by atoms with E-state index in [1.54, 1.807) is 0 Å². The Morgan fingerprint density at radius 2 is 1.48 bits per heavy atom. The van der Waals surface area contributed by atoms with Crippen molar-refractivity contribution in [2.75, 3.05) is 5.73 Å². The van der Waals surface area contributed by atoms with Crippen LogP contribution in [0.4, 0.5) is 5.13 Å². The van der Waals surface area contributed by atoms with E-state index < -0.39 is 11.6 Å². The van der Waals surface area contributed by atoms with E-state index in [4.69, 9.17) is 52.1 Å². The van der Waals surface area contributed by atoms with Gasteiger partial charge < -0.3 is 5.73 Å². The number of nitrogen functional groups attached to an aromatic ring is 1. The van der Waals surface area contributed by atoms with Crippen molar-refractivity contribution in [3.63, 3.8) is 0 Å². The number of rotatable bonds is 1. The summed E-state index contributed by atoms with van der Waals surface area (Å²) in [4.78, 5) is 31.0. The molecule has 25 heavy (non-hydrogen) atoms. The zero-order chi connectivity index (χ0) is 18.0. The molecule has 0 aliphatic heterocycles. The predicted octanol–water partition coefficient (Wildman–Crippen LogP) is 6.02. The number of allylic oxidation sites excluding steroid dienone is 1. The number of anilines is 1. The van der Waals surface area contributed by atoms with Crippen LogP contribution < -0.4 is 5.73 Å². The second-order valence-corrected chi connectivity index (χ2v) is 8.73. The Kier molecular flexibility index (Phi) is 4.11. The summed E-state index contributed by atoms with van der Waals surface area (Å²) in [5.41, 5.74) is 5.57. The third kappa shape index (κ3) is 2.51. The number of thiazole rings is 1. The maximum Gasteiger partial charge on any atom is 0.199 e. The second-order valence-electron chi connectivity index (χ2n) is 5.09. The number of carbonyl (C=O) groups excluding carboxylic acids is 2. The normalized spacial score (nSPS) is 13.8. The Bertz CT molecular complexity index is 1070. The van der Waals surface area contributed by atoms with Crippen LogP contribution in [0.5, 0.6) is 0 Å². The maximum absolute atomic E-state index is 12.7. The lowest BCUT2D eigenvalue weighted by Crippen LogP contribution is -2.00. The summed E-state index contributed by atoms with van der Waals surface area (Å²) in [7, 11) is 0. The van der Waals surface area contributed by atoms with E-state index in [9.17, 15) is 9.59 Å². The minimum Gasteiger partial charge on any atom is -0.375 e. The lowest BCUT2D eigenvalue weighted by Gasteiger charge is -2.07. The van der Waals surface area contributed by atoms with Crippen LogP contribution in [-0.2, 0) is 0 Å². The molecule has 0 spiro atoms. The number of nitrogens with two attached hydrogens (primary N) is 1. The summed E-state index contributed by atoms with van der Waals surface area (Å²) in [5, 5.41) is 0.212. The first-order valence-corrected chi connectivity index (χ1v) is 9.77. The molecule has 2 heterocycles. The lowest BCUT2D eigenvalue weighted by molar-refractivity contribution is 0.0990. The van der Waals surface area contributed by atoms with Crippen LogP contribution in [0.25, 0.3) is 15.6 Å². The fraction of sp³-hybridized carbons (Fsp3) is 0. The summed E-state index contributed by atoms with van der Waals surface area (Å²) >= 11 is 26.9. The summed E-state index contributed by atoms with van der Waals surface area (Å²) in [6.45, 7) is 0. The second kappa shape index (κ2) is 5.94. The lowest BCUT2D eigenvalue weighted by atomic mass is 10.1. The van der Waals surface area contributed by atoms with Crippen molar-refractivity contribution in [2.45, 2.75) is 0 Å². The molecule has 0 unspecified atom stereocenters. The number of carbonyl (C=O) groups is 2. The van der Waals surface area contributed by atoms with Gasteiger partial charge in [0.25, 0.3) is 0 Å². The van der Waals surface area contributed by atoms with Gasteiger partial charge in [0.2, 0.25) is 0 Å². The van der Waals surface area contributed by atoms with Crippen molar-refractivity contribution in [3.05, 3.63) is 47.7 Å². The zero-order valence-electron chi connectivity index (χ0n) is 11.8. The predicted molar refractivity (Wildman–Crippen MR) is 105 cm³/mol. The van der Waals surface area contributed by atoms with Crippen molar-refractivity contribution in [3.8, 4) is 0 Å². The standard InChI is InChI=1S/C15H4Cl4N2O2S2/c16-8-6-7(9(17)11(19)10(8)18)13(23)4(12(6)22)1-3-2-5-14(24-3)21-15(20)25-5/h1-2H,(H2,20,21). The van der Waals surface area contributed by atoms with E-state index in [-0.39, 0.29) is 36.8 Å². The van der Waals surface area contributed by atoms with Gasteiger partial charge in [0.15, 0.2) is 16.7 Å². The fourth-order valence-electron chi connectivity index (χ4n) is 2.54. The topological polar surface area (TPSA) is 73.0 Å². The van der Waals surface area contributed by atoms with E-state index >= 15 is 0 Å². The smallest absolute Gasteiger partial charge is 0.199 e. The molecule has 1 aliphatic rings. The number of nitrogens with zero attached hydrogens (tertiary/aromatic N) is 1. The number of benzene rings is 1. The van der Waals surface area contributed by atoms with Gasteiger partial charge in [-0.05, 0) is 12.1 Å². The quantitative estimate of drug-likeness (QED) is 0.213. The van der Waals surface area contributed by atoms with E-state index in [2.05, 4.69) is 4.98 Å². The first kappa shape index (κ1) is 17.3. The molecule has 1 aliphatic carbocycles. The van der Waals surface area contributed by atoms with Crippen LogP contribution in [0.3, 0.4) is 0 Å². The molecule has 0 saturated heterocycles. The number of hydrogen-bond donors (Lipinski definition) is 1. The first-order chi connectivity index (χ1) is 11.8. The van der Waals surface area contributed by atoms with Gasteiger partial charge in [0.05, 0.1) is 41.5 Å². The molecule has 0 fully saturated rings. The van der Waals surface area contributed by atoms with Crippen molar-refractivity contribution < 1.29 is 9.59 Å². The average Bonchev–Trinajstić information content (AvgIpc) is 3.16. The van der Waals surface area contributed by atoms with Gasteiger partial charge in [-0.25, -0.2) is 4.98 Å². The molecule has 0 saturated carbocycles. The highest BCUT2D eigenvalue weighted by Gasteiger charge is 2.39. The third-order valence-corrected chi connectivity index (χ3v) is 7.36. The maximum atomic E-state index is 12.7. The minimum absolute atomic E-state index is 0.0157. The Balaban J connectivity index is 1.88. The molecule has 0 atom stereocenters. The van der Waals surface area contributed by atoms with Crippen LogP contribution in [0, 0.1) is 0 Å². The van der Waals surface area contributed by atoms with E-state index in [1.807, 2.05) is 6.07 Å². The number of thiophene rings is 1. The molecular formula is C15H4Cl4N2O2S2. The highest BCUT2D eigenvalue weighted by molar-refractivity contribution is 7.29. The third-order valence-electron chi connectivity index (χ3n) is 3.62. The molecule has 126 valence electrons. The van der Waals surface area contributed by atoms with Crippen molar-refractivity contribution in [2.24, 2.45) is 0 Å². The number of hydrogen-bond acceptors (Lipinski definition) is 6. The summed E-state index contributed by atoms with van der Waals surface area (Å²) in [5.74, 6) is -1.07. The summed E-state index contributed by atoms with van der Waals surface area (Å²) in [6, 6.07) is 1.81. The molecule has 4 nitrogen and oxygen atoms in total.